The Labute approximate surface area is 72.4 Å². The molecule has 3 heteroatoms. The molecule has 0 aromatic carbocycles. The van der Waals surface area contributed by atoms with Crippen LogP contribution in [0.4, 0.5) is 0 Å². The highest BCUT2D eigenvalue weighted by atomic mass is 16.1. The molecule has 0 unspecified atom stereocenters. The van der Waals surface area contributed by atoms with E-state index >= 15 is 0 Å². The minimum atomic E-state index is 0.192. The predicted molar refractivity (Wildman–Crippen MR) is 47.1 cm³/mol. The zero-order chi connectivity index (χ0) is 8.97. The molecule has 0 atom stereocenters. The summed E-state index contributed by atoms with van der Waals surface area (Å²) in [6.45, 7) is 4.82. The summed E-state index contributed by atoms with van der Waals surface area (Å²) in [7, 11) is 0. The monoisotopic (exact) mass is 166 g/mol. The first-order valence-electron chi connectivity index (χ1n) is 4.33. The molecule has 1 rings (SSSR count). The highest BCUT2D eigenvalue weighted by Crippen LogP contribution is 2.03. The van der Waals surface area contributed by atoms with Crippen LogP contribution in [0.2, 0.25) is 0 Å². The number of rotatable bonds is 4. The van der Waals surface area contributed by atoms with E-state index in [0.717, 1.165) is 18.5 Å². The quantitative estimate of drug-likeness (QED) is 0.640. The van der Waals surface area contributed by atoms with Gasteiger partial charge in [0.15, 0.2) is 5.78 Å². The maximum Gasteiger partial charge on any atom is 0.166 e. The second kappa shape index (κ2) is 4.04. The molecule has 0 bridgehead atoms. The van der Waals surface area contributed by atoms with Crippen molar-refractivity contribution in [2.24, 2.45) is 0 Å². The van der Waals surface area contributed by atoms with Gasteiger partial charge in [0.05, 0.1) is 11.8 Å². The smallest absolute Gasteiger partial charge is 0.166 e. The van der Waals surface area contributed by atoms with E-state index in [9.17, 15) is 4.79 Å². The van der Waals surface area contributed by atoms with Crippen LogP contribution in [0.25, 0.3) is 0 Å². The first kappa shape index (κ1) is 8.97. The lowest BCUT2D eigenvalue weighted by Gasteiger charge is -1.92. The molecule has 0 saturated carbocycles. The van der Waals surface area contributed by atoms with Gasteiger partial charge in [0.2, 0.25) is 0 Å². The maximum absolute atomic E-state index is 11.3. The Morgan fingerprint density at radius 2 is 2.33 bits per heavy atom. The van der Waals surface area contributed by atoms with E-state index in [0.29, 0.717) is 6.42 Å². The highest BCUT2D eigenvalue weighted by Gasteiger charge is 2.05. The lowest BCUT2D eigenvalue weighted by molar-refractivity contribution is 0.0981. The third kappa shape index (κ3) is 1.94. The summed E-state index contributed by atoms with van der Waals surface area (Å²) in [6, 6.07) is 0. The number of hydrogen-bond acceptors (Lipinski definition) is 2. The average molecular weight is 166 g/mol. The van der Waals surface area contributed by atoms with Crippen LogP contribution in [-0.4, -0.2) is 15.6 Å². The second-order valence-corrected chi connectivity index (χ2v) is 2.76. The fourth-order valence-electron chi connectivity index (χ4n) is 1.05. The van der Waals surface area contributed by atoms with Gasteiger partial charge in [0.25, 0.3) is 0 Å². The molecule has 66 valence electrons. The number of aromatic nitrogens is 2. The number of ketones is 1. The van der Waals surface area contributed by atoms with Crippen LogP contribution in [0.15, 0.2) is 12.4 Å². The molecule has 3 nitrogen and oxygen atoms in total. The van der Waals surface area contributed by atoms with Crippen molar-refractivity contribution in [1.82, 2.24) is 9.78 Å². The van der Waals surface area contributed by atoms with Crippen LogP contribution in [0.5, 0.6) is 0 Å². The number of carbonyl (C=O) groups is 1. The Bertz CT molecular complexity index is 265. The van der Waals surface area contributed by atoms with Crippen molar-refractivity contribution >= 4 is 5.78 Å². The maximum atomic E-state index is 11.3. The predicted octanol–water partition coefficient (Wildman–Crippen LogP) is 1.89. The van der Waals surface area contributed by atoms with Gasteiger partial charge in [-0.25, -0.2) is 0 Å². The normalized spacial score (nSPS) is 10.2. The van der Waals surface area contributed by atoms with E-state index in [2.05, 4.69) is 5.10 Å². The SMILES string of the molecule is CCCC(=O)c1cnn(CC)c1. The molecule has 0 aliphatic rings. The topological polar surface area (TPSA) is 34.9 Å². The molecule has 12 heavy (non-hydrogen) atoms. The van der Waals surface area contributed by atoms with Gasteiger partial charge >= 0.3 is 0 Å². The number of Topliss-reactive ketones (excluding diaryl/α,β-unsaturated/α-hetero) is 1. The van der Waals surface area contributed by atoms with E-state index in [1.807, 2.05) is 13.8 Å². The van der Waals surface area contributed by atoms with E-state index < -0.39 is 0 Å². The number of carbonyl (C=O) groups excluding carboxylic acids is 1. The largest absolute Gasteiger partial charge is 0.294 e. The zero-order valence-corrected chi connectivity index (χ0v) is 7.58. The number of nitrogens with zero attached hydrogens (tertiary/aromatic N) is 2. The van der Waals surface area contributed by atoms with E-state index in [-0.39, 0.29) is 5.78 Å². The number of hydrogen-bond donors (Lipinski definition) is 0. The van der Waals surface area contributed by atoms with Crippen molar-refractivity contribution < 1.29 is 4.79 Å². The van der Waals surface area contributed by atoms with Crippen molar-refractivity contribution in [3.8, 4) is 0 Å². The molecule has 1 aromatic heterocycles. The molecule has 0 saturated heterocycles. The molecule has 0 N–H and O–H groups in total. The van der Waals surface area contributed by atoms with Crippen molar-refractivity contribution in [1.29, 1.82) is 0 Å². The van der Waals surface area contributed by atoms with Gasteiger partial charge in [-0.1, -0.05) is 6.92 Å². The van der Waals surface area contributed by atoms with E-state index in [4.69, 9.17) is 0 Å². The molecule has 0 spiro atoms. The summed E-state index contributed by atoms with van der Waals surface area (Å²) < 4.78 is 1.77. The lowest BCUT2D eigenvalue weighted by atomic mass is 10.1. The molecule has 0 fully saturated rings. The Balaban J connectivity index is 2.68. The molecule has 0 radical (unpaired) electrons. The summed E-state index contributed by atoms with van der Waals surface area (Å²) in [6.07, 6.45) is 4.96. The van der Waals surface area contributed by atoms with Gasteiger partial charge in [-0.15, -0.1) is 0 Å². The molecular weight excluding hydrogens is 152 g/mol. The fraction of sp³-hybridized carbons (Fsp3) is 0.556. The van der Waals surface area contributed by atoms with Crippen LogP contribution < -0.4 is 0 Å². The minimum absolute atomic E-state index is 0.192. The first-order chi connectivity index (χ1) is 5.77. The second-order valence-electron chi connectivity index (χ2n) is 2.76. The van der Waals surface area contributed by atoms with Crippen LogP contribution in [0.1, 0.15) is 37.0 Å². The summed E-state index contributed by atoms with van der Waals surface area (Å²) in [5, 5.41) is 4.03. The Kier molecular flexibility index (Phi) is 3.02. The summed E-state index contributed by atoms with van der Waals surface area (Å²) in [5.41, 5.74) is 0.735. The fourth-order valence-corrected chi connectivity index (χ4v) is 1.05. The number of aryl methyl sites for hydroxylation is 1. The van der Waals surface area contributed by atoms with Crippen molar-refractivity contribution in [3.63, 3.8) is 0 Å². The summed E-state index contributed by atoms with van der Waals surface area (Å²) >= 11 is 0. The van der Waals surface area contributed by atoms with Crippen LogP contribution in [-0.2, 0) is 6.54 Å². The Morgan fingerprint density at radius 3 is 2.83 bits per heavy atom. The van der Waals surface area contributed by atoms with Gasteiger partial charge < -0.3 is 0 Å². The molecule has 0 aliphatic heterocycles. The van der Waals surface area contributed by atoms with Gasteiger partial charge in [-0.3, -0.25) is 9.48 Å². The molecular formula is C9H14N2O. The standard InChI is InChI=1S/C9H14N2O/c1-3-5-9(12)8-6-10-11(4-2)7-8/h6-7H,3-5H2,1-2H3. The lowest BCUT2D eigenvalue weighted by Crippen LogP contribution is -1.96. The molecule has 1 heterocycles. The molecule has 0 amide bonds. The minimum Gasteiger partial charge on any atom is -0.294 e. The van der Waals surface area contributed by atoms with Crippen LogP contribution >= 0.6 is 0 Å². The third-order valence-corrected chi connectivity index (χ3v) is 1.76. The van der Waals surface area contributed by atoms with Gasteiger partial charge in [0, 0.05) is 19.2 Å². The highest BCUT2D eigenvalue weighted by molar-refractivity contribution is 5.95. The van der Waals surface area contributed by atoms with Gasteiger partial charge in [-0.2, -0.15) is 5.10 Å². The molecule has 1 aromatic rings. The van der Waals surface area contributed by atoms with Gasteiger partial charge in [0.1, 0.15) is 0 Å². The Morgan fingerprint density at radius 1 is 1.58 bits per heavy atom. The van der Waals surface area contributed by atoms with Crippen LogP contribution in [0, 0.1) is 0 Å². The van der Waals surface area contributed by atoms with Crippen LogP contribution in [0.3, 0.4) is 0 Å². The third-order valence-electron chi connectivity index (χ3n) is 1.76. The van der Waals surface area contributed by atoms with E-state index in [1.54, 1.807) is 17.1 Å². The van der Waals surface area contributed by atoms with Crippen molar-refractivity contribution in [2.75, 3.05) is 0 Å². The first-order valence-corrected chi connectivity index (χ1v) is 4.33. The summed E-state index contributed by atoms with van der Waals surface area (Å²) in [4.78, 5) is 11.3. The Hall–Kier alpha value is -1.12. The van der Waals surface area contributed by atoms with Gasteiger partial charge in [-0.05, 0) is 13.3 Å². The molecule has 0 aliphatic carbocycles. The van der Waals surface area contributed by atoms with Crippen molar-refractivity contribution in [3.05, 3.63) is 18.0 Å². The summed E-state index contributed by atoms with van der Waals surface area (Å²) in [5.74, 6) is 0.192. The zero-order valence-electron chi connectivity index (χ0n) is 7.58. The van der Waals surface area contributed by atoms with E-state index in [1.165, 1.54) is 0 Å². The average Bonchev–Trinajstić information content (AvgIpc) is 2.52. The van der Waals surface area contributed by atoms with Crippen molar-refractivity contribution in [2.45, 2.75) is 33.2 Å².